The molecule has 0 fully saturated rings. The zero-order chi connectivity index (χ0) is 26.9. The Hall–Kier alpha value is -1.57. The van der Waals surface area contributed by atoms with Crippen molar-refractivity contribution in [2.24, 2.45) is 16.8 Å². The molecule has 0 radical (unpaired) electrons. The van der Waals surface area contributed by atoms with E-state index in [-0.39, 0.29) is 41.4 Å². The second kappa shape index (κ2) is 20.4. The van der Waals surface area contributed by atoms with Crippen molar-refractivity contribution in [1.82, 2.24) is 5.32 Å². The number of aliphatic imine (C=N–C) groups is 1. The van der Waals surface area contributed by atoms with Crippen molar-refractivity contribution in [3.05, 3.63) is 29.8 Å². The molecule has 0 spiro atoms. The molecule has 0 saturated carbocycles. The van der Waals surface area contributed by atoms with Gasteiger partial charge in [-0.1, -0.05) is 92.4 Å². The van der Waals surface area contributed by atoms with E-state index in [0.717, 1.165) is 12.8 Å². The van der Waals surface area contributed by atoms with Crippen LogP contribution in [0.2, 0.25) is 0 Å². The fourth-order valence-electron chi connectivity index (χ4n) is 3.93. The summed E-state index contributed by atoms with van der Waals surface area (Å²) in [4.78, 5) is 28.0. The maximum Gasteiger partial charge on any atom is 1.00 e. The van der Waals surface area contributed by atoms with Gasteiger partial charge in [-0.2, -0.15) is 0 Å². The first kappa shape index (κ1) is 35.4. The van der Waals surface area contributed by atoms with E-state index < -0.39 is 29.9 Å². The fraction of sp³-hybridized carbons (Fsp3) is 0.690. The minimum atomic E-state index is -1.15. The van der Waals surface area contributed by atoms with Crippen molar-refractivity contribution in [3.8, 4) is 5.75 Å². The summed E-state index contributed by atoms with van der Waals surface area (Å²) in [5.74, 6) is -2.06. The molecule has 2 N–H and O–H groups in total. The first-order chi connectivity index (χ1) is 17.2. The van der Waals surface area contributed by atoms with Crippen LogP contribution in [-0.4, -0.2) is 41.6 Å². The molecule has 1 aromatic carbocycles. The predicted octanol–water partition coefficient (Wildman–Crippen LogP) is 2.61. The third-order valence-corrected chi connectivity index (χ3v) is 6.25. The monoisotopic (exact) mass is 526 g/mol. The molecule has 1 amide bonds. The summed E-state index contributed by atoms with van der Waals surface area (Å²) in [5.41, 5.74) is 0.401. The standard InChI is InChI=1S/C29H48N2O5.Na/c1-6-7-8-9-10-11-12-13-14-15-20-36-24-18-16-23(17-19-24)27(32)30-25(21(2)3)28(33)31-26(22(4)5)29(34)35;/h16-19,21-22,25-26H,6-15,20H2,1-5H3,(H,30,32)(H,31,33)(H,34,35);/q;+1/p-1/t25-,26-;/m0./s1. The molecule has 37 heavy (non-hydrogen) atoms. The summed E-state index contributed by atoms with van der Waals surface area (Å²) in [6.45, 7) is 9.85. The van der Waals surface area contributed by atoms with Crippen LogP contribution < -0.4 is 44.7 Å². The Balaban J connectivity index is 0.0000130. The van der Waals surface area contributed by atoms with Gasteiger partial charge in [-0.05, 0) is 48.4 Å². The normalized spacial score (nSPS) is 13.2. The second-order valence-corrected chi connectivity index (χ2v) is 10.2. The Morgan fingerprint density at radius 2 is 1.41 bits per heavy atom. The molecule has 0 saturated heterocycles. The van der Waals surface area contributed by atoms with Gasteiger partial charge < -0.3 is 20.3 Å². The number of rotatable bonds is 19. The van der Waals surface area contributed by atoms with Crippen molar-refractivity contribution >= 4 is 17.8 Å². The number of nitrogens with one attached hydrogen (secondary N) is 1. The number of carbonyl (C=O) groups is 2. The third kappa shape index (κ3) is 14.8. The van der Waals surface area contributed by atoms with Gasteiger partial charge in [0.15, 0.2) is 0 Å². The average molecular weight is 527 g/mol. The van der Waals surface area contributed by atoms with Crippen LogP contribution in [0.25, 0.3) is 0 Å². The number of aliphatic carboxylic acids is 1. The van der Waals surface area contributed by atoms with Gasteiger partial charge in [0, 0.05) is 5.56 Å². The summed E-state index contributed by atoms with van der Waals surface area (Å²) < 4.78 is 5.80. The molecule has 0 aliphatic rings. The van der Waals surface area contributed by atoms with E-state index in [1.165, 1.54) is 51.4 Å². The molecule has 0 bridgehead atoms. The minimum Gasteiger partial charge on any atom is -0.861 e. The molecule has 2 atom stereocenters. The van der Waals surface area contributed by atoms with Crippen LogP contribution >= 0.6 is 0 Å². The van der Waals surface area contributed by atoms with Crippen molar-refractivity contribution in [1.29, 1.82) is 0 Å². The molecule has 0 aliphatic heterocycles. The van der Waals surface area contributed by atoms with E-state index in [1.54, 1.807) is 52.0 Å². The molecule has 1 aromatic rings. The average Bonchev–Trinajstić information content (AvgIpc) is 2.83. The van der Waals surface area contributed by atoms with E-state index in [0.29, 0.717) is 17.9 Å². The smallest absolute Gasteiger partial charge is 0.861 e. The topological polar surface area (TPSA) is 111 Å². The number of nitrogens with zero attached hydrogens (tertiary/aromatic N) is 1. The molecule has 0 aliphatic carbocycles. The number of carbonyl (C=O) groups excluding carboxylic acids is 1. The second-order valence-electron chi connectivity index (χ2n) is 10.2. The van der Waals surface area contributed by atoms with Crippen LogP contribution in [0.4, 0.5) is 0 Å². The SMILES string of the molecule is CCCCCCCCCCCCOc1ccc(C(=O)N[C@H](C([O-])=N[C@H](C(=O)O)C(C)C)C(C)C)cc1.[Na+]. The van der Waals surface area contributed by atoms with E-state index >= 15 is 0 Å². The van der Waals surface area contributed by atoms with Crippen LogP contribution in [0, 0.1) is 11.8 Å². The Morgan fingerprint density at radius 3 is 1.86 bits per heavy atom. The number of carboxylic acid groups (broad SMARTS) is 1. The first-order valence-corrected chi connectivity index (χ1v) is 13.7. The van der Waals surface area contributed by atoms with Crippen molar-refractivity contribution in [2.75, 3.05) is 6.61 Å². The van der Waals surface area contributed by atoms with Crippen molar-refractivity contribution < 1.29 is 54.1 Å². The first-order valence-electron chi connectivity index (χ1n) is 13.7. The zero-order valence-corrected chi connectivity index (χ0v) is 25.9. The van der Waals surface area contributed by atoms with Gasteiger partial charge in [-0.3, -0.25) is 9.79 Å². The summed E-state index contributed by atoms with van der Waals surface area (Å²) in [7, 11) is 0. The largest absolute Gasteiger partial charge is 1.00 e. The summed E-state index contributed by atoms with van der Waals surface area (Å²) >= 11 is 0. The number of hydrogen-bond donors (Lipinski definition) is 2. The summed E-state index contributed by atoms with van der Waals surface area (Å²) in [6, 6.07) is 4.79. The number of benzene rings is 1. The molecule has 8 heteroatoms. The van der Waals surface area contributed by atoms with Gasteiger partial charge >= 0.3 is 35.5 Å². The van der Waals surface area contributed by atoms with Gasteiger partial charge in [0.05, 0.1) is 12.6 Å². The van der Waals surface area contributed by atoms with E-state index in [4.69, 9.17) is 4.74 Å². The van der Waals surface area contributed by atoms with Gasteiger partial charge in [-0.25, -0.2) is 4.79 Å². The number of carboxylic acids is 1. The molecule has 0 unspecified atom stereocenters. The maximum absolute atomic E-state index is 12.7. The maximum atomic E-state index is 12.7. The Bertz CT molecular complexity index is 796. The third-order valence-electron chi connectivity index (χ3n) is 6.25. The van der Waals surface area contributed by atoms with Gasteiger partial charge in [0.2, 0.25) is 0 Å². The predicted molar refractivity (Wildman–Crippen MR) is 144 cm³/mol. The van der Waals surface area contributed by atoms with Crippen LogP contribution in [0.3, 0.4) is 0 Å². The van der Waals surface area contributed by atoms with Crippen molar-refractivity contribution in [2.45, 2.75) is 111 Å². The molecular weight excluding hydrogens is 479 g/mol. The van der Waals surface area contributed by atoms with Gasteiger partial charge in [0.1, 0.15) is 11.8 Å². The number of ether oxygens (including phenoxy) is 1. The molecule has 204 valence electrons. The molecule has 1 rings (SSSR count). The fourth-order valence-corrected chi connectivity index (χ4v) is 3.93. The van der Waals surface area contributed by atoms with E-state index in [2.05, 4.69) is 17.2 Å². The Labute approximate surface area is 246 Å². The van der Waals surface area contributed by atoms with Crippen LogP contribution in [-0.2, 0) is 4.79 Å². The molecule has 0 heterocycles. The molecular formula is C29H47N2NaO5. The molecule has 7 nitrogen and oxygen atoms in total. The number of hydrogen-bond acceptors (Lipinski definition) is 5. The van der Waals surface area contributed by atoms with E-state index in [1.807, 2.05) is 0 Å². The minimum absolute atomic E-state index is 0. The number of unbranched alkanes of at least 4 members (excludes halogenated alkanes) is 9. The Morgan fingerprint density at radius 1 is 0.892 bits per heavy atom. The van der Waals surface area contributed by atoms with Crippen LogP contribution in [0.1, 0.15) is 109 Å². The van der Waals surface area contributed by atoms with Crippen LogP contribution in [0.15, 0.2) is 29.3 Å². The number of amides is 1. The summed E-state index contributed by atoms with van der Waals surface area (Å²) in [6.07, 6.45) is 12.7. The molecule has 0 aromatic heterocycles. The zero-order valence-electron chi connectivity index (χ0n) is 23.9. The van der Waals surface area contributed by atoms with Gasteiger partial charge in [-0.15, -0.1) is 0 Å². The van der Waals surface area contributed by atoms with Crippen LogP contribution in [0.5, 0.6) is 5.75 Å². The quantitative estimate of drug-likeness (QED) is 0.125. The van der Waals surface area contributed by atoms with Gasteiger partial charge in [0.25, 0.3) is 5.91 Å². The summed E-state index contributed by atoms with van der Waals surface area (Å²) in [5, 5.41) is 24.7. The van der Waals surface area contributed by atoms with Crippen molar-refractivity contribution in [3.63, 3.8) is 0 Å². The van der Waals surface area contributed by atoms with E-state index in [9.17, 15) is 19.8 Å². The Kier molecular flexibility index (Phi) is 19.5.